The van der Waals surface area contributed by atoms with Crippen LogP contribution >= 0.6 is 0 Å². The molecule has 3 aliphatic rings. The Morgan fingerprint density at radius 2 is 1.51 bits per heavy atom. The molecule has 1 aliphatic heterocycles. The fourth-order valence-electron chi connectivity index (χ4n) is 7.25. The maximum Gasteiger partial charge on any atom is 0.335 e. The number of ketones is 2. The summed E-state index contributed by atoms with van der Waals surface area (Å²) in [6.45, 7) is 17.9. The molecule has 7 nitrogen and oxygen atoms in total. The summed E-state index contributed by atoms with van der Waals surface area (Å²) in [5, 5.41) is 9.26. The topological polar surface area (TPSA) is 93.1 Å². The quantitative estimate of drug-likeness (QED) is 0.274. The van der Waals surface area contributed by atoms with Gasteiger partial charge in [0.1, 0.15) is 6.61 Å². The summed E-state index contributed by atoms with van der Waals surface area (Å²) >= 11 is 0. The lowest BCUT2D eigenvalue weighted by atomic mass is 9.63. The average Bonchev–Trinajstić information content (AvgIpc) is 2.95. The molecule has 7 heteroatoms. The van der Waals surface area contributed by atoms with Gasteiger partial charge >= 0.3 is 5.97 Å². The fraction of sp³-hybridized carbons (Fsp3) is 0.447. The number of nitrogens with zero attached hydrogens (tertiary/aromatic N) is 1. The smallest absolute Gasteiger partial charge is 0.335 e. The molecular formula is C38H45NO6. The van der Waals surface area contributed by atoms with E-state index in [4.69, 9.17) is 9.47 Å². The maximum absolute atomic E-state index is 14.1. The zero-order chi connectivity index (χ0) is 32.7. The number of Topliss-reactive ketones (excluding diaryl/α,β-unsaturated/α-hetero) is 2. The molecule has 2 aliphatic carbocycles. The minimum Gasteiger partial charge on any atom is -0.490 e. The van der Waals surface area contributed by atoms with Crippen molar-refractivity contribution in [3.63, 3.8) is 0 Å². The van der Waals surface area contributed by atoms with Gasteiger partial charge in [0.2, 0.25) is 0 Å². The summed E-state index contributed by atoms with van der Waals surface area (Å²) in [6.07, 6.45) is 4.70. The van der Waals surface area contributed by atoms with E-state index in [9.17, 15) is 19.5 Å². The third-order valence-electron chi connectivity index (χ3n) is 9.07. The van der Waals surface area contributed by atoms with Gasteiger partial charge in [0.15, 0.2) is 23.1 Å². The van der Waals surface area contributed by atoms with Crippen LogP contribution in [0, 0.1) is 10.8 Å². The highest BCUT2D eigenvalue weighted by Crippen LogP contribution is 2.55. The molecule has 0 unspecified atom stereocenters. The largest absolute Gasteiger partial charge is 0.490 e. The van der Waals surface area contributed by atoms with Gasteiger partial charge < -0.3 is 19.5 Å². The van der Waals surface area contributed by atoms with Crippen molar-refractivity contribution in [3.05, 3.63) is 93.8 Å². The second-order valence-electron chi connectivity index (χ2n) is 14.0. The van der Waals surface area contributed by atoms with Crippen LogP contribution in [0.2, 0.25) is 0 Å². The molecule has 0 amide bonds. The number of carbonyl (C=O) groups excluding carboxylic acids is 2. The molecule has 0 fully saturated rings. The summed E-state index contributed by atoms with van der Waals surface area (Å²) in [6, 6.07) is 10.6. The zero-order valence-corrected chi connectivity index (χ0v) is 27.4. The highest BCUT2D eigenvalue weighted by molar-refractivity contribution is 6.07. The number of rotatable bonds is 10. The molecule has 0 saturated heterocycles. The summed E-state index contributed by atoms with van der Waals surface area (Å²) in [5.41, 5.74) is 5.94. The van der Waals surface area contributed by atoms with Crippen LogP contribution in [0.5, 0.6) is 11.5 Å². The second-order valence-corrected chi connectivity index (χ2v) is 14.0. The molecule has 0 atom stereocenters. The Kier molecular flexibility index (Phi) is 8.85. The lowest BCUT2D eigenvalue weighted by Crippen LogP contribution is -2.44. The van der Waals surface area contributed by atoms with E-state index < -0.39 is 11.9 Å². The highest BCUT2D eigenvalue weighted by atomic mass is 16.5. The van der Waals surface area contributed by atoms with Gasteiger partial charge in [-0.3, -0.25) is 9.59 Å². The summed E-state index contributed by atoms with van der Waals surface area (Å²) in [7, 11) is 0. The Morgan fingerprint density at radius 3 is 2.00 bits per heavy atom. The lowest BCUT2D eigenvalue weighted by Gasteiger charge is -2.49. The van der Waals surface area contributed by atoms with Crippen LogP contribution in [-0.4, -0.2) is 40.7 Å². The van der Waals surface area contributed by atoms with E-state index in [1.54, 1.807) is 30.3 Å². The Bertz CT molecular complexity index is 1550. The van der Waals surface area contributed by atoms with Gasteiger partial charge in [-0.25, -0.2) is 4.79 Å². The number of aromatic carboxylic acids is 1. The summed E-state index contributed by atoms with van der Waals surface area (Å²) < 4.78 is 12.5. The first kappa shape index (κ1) is 32.3. The molecule has 1 heterocycles. The van der Waals surface area contributed by atoms with Gasteiger partial charge in [-0.1, -0.05) is 52.0 Å². The van der Waals surface area contributed by atoms with E-state index in [0.29, 0.717) is 43.9 Å². The second kappa shape index (κ2) is 12.3. The number of allylic oxidation sites excluding steroid dienone is 5. The average molecular weight is 612 g/mol. The van der Waals surface area contributed by atoms with E-state index in [1.165, 1.54) is 0 Å². The van der Waals surface area contributed by atoms with Crippen molar-refractivity contribution >= 4 is 17.5 Å². The molecule has 45 heavy (non-hydrogen) atoms. The van der Waals surface area contributed by atoms with Crippen LogP contribution in [0.4, 0.5) is 0 Å². The SMILES string of the molecule is C=CCc1cc(C2C3=C(CC(C)(C)CC3=O)N(CC)C3=C2C(=O)CC(C)(C)C3)cc(OCC)c1OCc1ccc(C(=O)O)cc1. The number of ether oxygens (including phenoxy) is 2. The van der Waals surface area contributed by atoms with Gasteiger partial charge in [-0.15, -0.1) is 6.58 Å². The Balaban J connectivity index is 1.67. The molecule has 5 rings (SSSR count). The normalized spacial score (nSPS) is 19.3. The van der Waals surface area contributed by atoms with Crippen LogP contribution in [0.15, 0.2) is 71.6 Å². The molecule has 2 aromatic rings. The third kappa shape index (κ3) is 6.35. The van der Waals surface area contributed by atoms with Crippen molar-refractivity contribution in [3.8, 4) is 11.5 Å². The number of hydrogen-bond donors (Lipinski definition) is 1. The van der Waals surface area contributed by atoms with Crippen molar-refractivity contribution in [2.45, 2.75) is 86.2 Å². The highest BCUT2D eigenvalue weighted by Gasteiger charge is 2.48. The third-order valence-corrected chi connectivity index (χ3v) is 9.07. The summed E-state index contributed by atoms with van der Waals surface area (Å²) in [4.78, 5) is 41.7. The molecule has 0 saturated carbocycles. The standard InChI is InChI=1S/C38H45NO6/c1-8-11-25-16-26(17-31(44-10-3)35(25)45-22-23-12-14-24(15-13-23)36(42)43)32-33-27(18-37(4,5)20-29(33)40)39(9-2)28-19-38(6,7)21-30(41)34(28)32/h8,12-17,32H,1,9-11,18-22H2,2-7H3,(H,42,43). The van der Waals surface area contributed by atoms with Crippen LogP contribution in [0.1, 0.15) is 100 Å². The zero-order valence-electron chi connectivity index (χ0n) is 27.4. The van der Waals surface area contributed by atoms with Crippen LogP contribution in [0.25, 0.3) is 0 Å². The number of hydrogen-bond acceptors (Lipinski definition) is 6. The summed E-state index contributed by atoms with van der Waals surface area (Å²) in [5.74, 6) is -0.144. The number of benzene rings is 2. The van der Waals surface area contributed by atoms with Gasteiger partial charge in [0, 0.05) is 53.4 Å². The number of carboxylic acid groups (broad SMARTS) is 1. The maximum atomic E-state index is 14.1. The van der Waals surface area contributed by atoms with Gasteiger partial charge in [0.25, 0.3) is 0 Å². The Morgan fingerprint density at radius 1 is 0.933 bits per heavy atom. The first-order valence-electron chi connectivity index (χ1n) is 15.9. The molecule has 0 aromatic heterocycles. The predicted octanol–water partition coefficient (Wildman–Crippen LogP) is 7.80. The van der Waals surface area contributed by atoms with Crippen molar-refractivity contribution in [2.75, 3.05) is 13.2 Å². The fourth-order valence-corrected chi connectivity index (χ4v) is 7.25. The van der Waals surface area contributed by atoms with Crippen LogP contribution in [0.3, 0.4) is 0 Å². The lowest BCUT2D eigenvalue weighted by molar-refractivity contribution is -0.119. The monoisotopic (exact) mass is 611 g/mol. The van der Waals surface area contributed by atoms with E-state index in [0.717, 1.165) is 52.1 Å². The van der Waals surface area contributed by atoms with Gasteiger partial charge in [-0.2, -0.15) is 0 Å². The van der Waals surface area contributed by atoms with E-state index in [1.807, 2.05) is 13.0 Å². The molecule has 0 bridgehead atoms. The number of carbonyl (C=O) groups is 3. The Hall–Kier alpha value is -4.13. The van der Waals surface area contributed by atoms with E-state index >= 15 is 0 Å². The molecular weight excluding hydrogens is 566 g/mol. The molecule has 0 radical (unpaired) electrons. The predicted molar refractivity (Wildman–Crippen MR) is 174 cm³/mol. The van der Waals surface area contributed by atoms with Gasteiger partial charge in [0.05, 0.1) is 12.2 Å². The van der Waals surface area contributed by atoms with E-state index in [2.05, 4.69) is 52.2 Å². The van der Waals surface area contributed by atoms with Crippen molar-refractivity contribution < 1.29 is 29.0 Å². The molecule has 238 valence electrons. The minimum absolute atomic E-state index is 0.0993. The Labute approximate surface area is 266 Å². The van der Waals surface area contributed by atoms with Crippen molar-refractivity contribution in [1.82, 2.24) is 4.90 Å². The van der Waals surface area contributed by atoms with Gasteiger partial charge in [-0.05, 0) is 73.3 Å². The molecule has 2 aromatic carbocycles. The first-order valence-corrected chi connectivity index (χ1v) is 15.9. The van der Waals surface area contributed by atoms with Crippen molar-refractivity contribution in [1.29, 1.82) is 0 Å². The van der Waals surface area contributed by atoms with Crippen LogP contribution < -0.4 is 9.47 Å². The minimum atomic E-state index is -0.980. The van der Waals surface area contributed by atoms with Crippen molar-refractivity contribution in [2.24, 2.45) is 10.8 Å². The number of carboxylic acids is 1. The molecule has 1 N–H and O–H groups in total. The van der Waals surface area contributed by atoms with E-state index in [-0.39, 0.29) is 34.6 Å². The molecule has 0 spiro atoms. The van der Waals surface area contributed by atoms with Crippen LogP contribution in [-0.2, 0) is 22.6 Å². The first-order chi connectivity index (χ1) is 21.3.